The molecular weight excluding hydrogens is 274 g/mol. The number of carbonyl (C=O) groups is 1. The second kappa shape index (κ2) is 6.66. The highest BCUT2D eigenvalue weighted by atomic mass is 16.5. The Morgan fingerprint density at radius 1 is 1.23 bits per heavy atom. The van der Waals surface area contributed by atoms with E-state index in [1.54, 1.807) is 0 Å². The molecule has 0 spiro atoms. The molecule has 1 aromatic rings. The first-order chi connectivity index (χ1) is 10.7. The zero-order valence-corrected chi connectivity index (χ0v) is 13.3. The van der Waals surface area contributed by atoms with Crippen molar-refractivity contribution in [1.29, 1.82) is 0 Å². The van der Waals surface area contributed by atoms with Crippen LogP contribution in [-0.2, 0) is 16.1 Å². The van der Waals surface area contributed by atoms with Gasteiger partial charge in [0, 0.05) is 6.04 Å². The van der Waals surface area contributed by atoms with Crippen LogP contribution in [0.1, 0.15) is 44.6 Å². The molecule has 22 heavy (non-hydrogen) atoms. The van der Waals surface area contributed by atoms with Crippen LogP contribution in [0.25, 0.3) is 0 Å². The summed E-state index contributed by atoms with van der Waals surface area (Å²) in [5.41, 5.74) is 2.13. The van der Waals surface area contributed by atoms with Crippen LogP contribution >= 0.6 is 0 Å². The quantitative estimate of drug-likeness (QED) is 0.613. The highest BCUT2D eigenvalue weighted by Gasteiger charge is 2.51. The van der Waals surface area contributed by atoms with Gasteiger partial charge in [-0.2, -0.15) is 0 Å². The van der Waals surface area contributed by atoms with Crippen LogP contribution in [0.5, 0.6) is 0 Å². The predicted molar refractivity (Wildman–Crippen MR) is 87.3 cm³/mol. The van der Waals surface area contributed by atoms with Crippen LogP contribution in [0.2, 0.25) is 0 Å². The lowest BCUT2D eigenvalue weighted by atomic mass is 9.84. The molecular formula is C19H25NO2. The van der Waals surface area contributed by atoms with Gasteiger partial charge in [0.2, 0.25) is 0 Å². The second-order valence-corrected chi connectivity index (χ2v) is 6.55. The van der Waals surface area contributed by atoms with E-state index in [4.69, 9.17) is 4.74 Å². The topological polar surface area (TPSA) is 29.5 Å². The van der Waals surface area contributed by atoms with Crippen LogP contribution in [0.3, 0.4) is 0 Å². The smallest absolute Gasteiger partial charge is 0.255 e. The summed E-state index contributed by atoms with van der Waals surface area (Å²) in [5.74, 6) is 0.149. The fourth-order valence-corrected chi connectivity index (χ4v) is 3.67. The number of hydrogen-bond donors (Lipinski definition) is 0. The van der Waals surface area contributed by atoms with Gasteiger partial charge >= 0.3 is 0 Å². The molecule has 3 heteroatoms. The molecule has 1 aromatic carbocycles. The van der Waals surface area contributed by atoms with Crippen molar-refractivity contribution in [1.82, 2.24) is 4.90 Å². The summed E-state index contributed by atoms with van der Waals surface area (Å²) in [6, 6.07) is 10.5. The summed E-state index contributed by atoms with van der Waals surface area (Å²) in [6.07, 6.45) is 5.66. The molecule has 118 valence electrons. The van der Waals surface area contributed by atoms with Gasteiger partial charge in [0.25, 0.3) is 5.91 Å². The third kappa shape index (κ3) is 2.95. The number of amides is 1. The Balaban J connectivity index is 1.64. The fourth-order valence-electron chi connectivity index (χ4n) is 3.67. The van der Waals surface area contributed by atoms with Crippen LogP contribution in [-0.4, -0.2) is 29.0 Å². The molecule has 3 rings (SSSR count). The van der Waals surface area contributed by atoms with Crippen molar-refractivity contribution in [2.24, 2.45) is 0 Å². The lowest BCUT2D eigenvalue weighted by molar-refractivity contribution is -0.178. The average Bonchev–Trinajstić information content (AvgIpc) is 2.54. The minimum absolute atomic E-state index is 0.0549. The molecule has 1 amide bonds. The zero-order chi connectivity index (χ0) is 15.5. The van der Waals surface area contributed by atoms with Crippen molar-refractivity contribution in [2.45, 2.75) is 63.8 Å². The van der Waals surface area contributed by atoms with E-state index in [9.17, 15) is 4.79 Å². The van der Waals surface area contributed by atoms with Gasteiger partial charge in [-0.15, -0.1) is 0 Å². The van der Waals surface area contributed by atoms with Crippen molar-refractivity contribution in [3.8, 4) is 0 Å². The Kier molecular flexibility index (Phi) is 4.63. The van der Waals surface area contributed by atoms with E-state index < -0.39 is 0 Å². The number of nitrogens with zero attached hydrogens (tertiary/aromatic N) is 1. The van der Waals surface area contributed by atoms with Crippen molar-refractivity contribution in [3.05, 3.63) is 48.0 Å². The number of hydrogen-bond acceptors (Lipinski definition) is 2. The van der Waals surface area contributed by atoms with Crippen molar-refractivity contribution >= 4 is 5.91 Å². The molecule has 2 atom stereocenters. The molecule has 0 bridgehead atoms. The van der Waals surface area contributed by atoms with Crippen molar-refractivity contribution in [3.63, 3.8) is 0 Å². The van der Waals surface area contributed by atoms with Gasteiger partial charge in [-0.05, 0) is 25.3 Å². The minimum atomic E-state index is -0.348. The average molecular weight is 299 g/mol. The fraction of sp³-hybridized carbons (Fsp3) is 0.526. The molecule has 2 fully saturated rings. The van der Waals surface area contributed by atoms with Crippen LogP contribution in [0.4, 0.5) is 0 Å². The van der Waals surface area contributed by atoms with Gasteiger partial charge in [0.1, 0.15) is 0 Å². The Labute approximate surface area is 133 Å². The first kappa shape index (κ1) is 15.3. The van der Waals surface area contributed by atoms with Crippen molar-refractivity contribution in [2.75, 3.05) is 0 Å². The third-order valence-electron chi connectivity index (χ3n) is 4.83. The van der Waals surface area contributed by atoms with Gasteiger partial charge in [-0.1, -0.05) is 61.7 Å². The summed E-state index contributed by atoms with van der Waals surface area (Å²) >= 11 is 0. The summed E-state index contributed by atoms with van der Waals surface area (Å²) in [6.45, 7) is 6.58. The monoisotopic (exact) mass is 299 g/mol. The number of benzene rings is 1. The summed E-state index contributed by atoms with van der Waals surface area (Å²) in [7, 11) is 0. The zero-order valence-electron chi connectivity index (χ0n) is 13.3. The van der Waals surface area contributed by atoms with Gasteiger partial charge in [-0.25, -0.2) is 0 Å². The molecule has 0 N–H and O–H groups in total. The summed E-state index contributed by atoms with van der Waals surface area (Å²) in [4.78, 5) is 14.6. The lowest BCUT2D eigenvalue weighted by Crippen LogP contribution is -2.69. The summed E-state index contributed by atoms with van der Waals surface area (Å²) in [5, 5.41) is 0. The SMILES string of the molecule is C=C(C)[C@@H]1[C@H](OCc2ccccc2)C(=O)N1C1CCCCC1. The van der Waals surface area contributed by atoms with Crippen LogP contribution in [0, 0.1) is 0 Å². The van der Waals surface area contributed by atoms with Crippen LogP contribution in [0.15, 0.2) is 42.5 Å². The maximum atomic E-state index is 12.6. The third-order valence-corrected chi connectivity index (χ3v) is 4.83. The van der Waals surface area contributed by atoms with Gasteiger partial charge in [-0.3, -0.25) is 4.79 Å². The number of β-lactam (4-membered cyclic amide) rings is 1. The molecule has 2 aliphatic rings. The van der Waals surface area contributed by atoms with E-state index in [0.717, 1.165) is 24.0 Å². The highest BCUT2D eigenvalue weighted by Crippen LogP contribution is 2.35. The maximum absolute atomic E-state index is 12.6. The van der Waals surface area contributed by atoms with E-state index in [0.29, 0.717) is 12.6 Å². The first-order valence-corrected chi connectivity index (χ1v) is 8.31. The van der Waals surface area contributed by atoms with Gasteiger partial charge in [0.15, 0.2) is 6.10 Å². The number of likely N-dealkylation sites (tertiary alicyclic amines) is 1. The first-order valence-electron chi connectivity index (χ1n) is 8.31. The Hall–Kier alpha value is -1.61. The molecule has 3 nitrogen and oxygen atoms in total. The minimum Gasteiger partial charge on any atom is -0.361 e. The van der Waals surface area contributed by atoms with E-state index in [1.165, 1.54) is 19.3 Å². The number of carbonyl (C=O) groups excluding carboxylic acids is 1. The van der Waals surface area contributed by atoms with Crippen LogP contribution < -0.4 is 0 Å². The normalized spacial score (nSPS) is 25.9. The molecule has 1 saturated heterocycles. The Bertz CT molecular complexity index is 534. The Morgan fingerprint density at radius 3 is 2.55 bits per heavy atom. The van der Waals surface area contributed by atoms with Gasteiger partial charge < -0.3 is 9.64 Å². The second-order valence-electron chi connectivity index (χ2n) is 6.55. The predicted octanol–water partition coefficient (Wildman–Crippen LogP) is 3.69. The molecule has 1 aliphatic heterocycles. The Morgan fingerprint density at radius 2 is 1.91 bits per heavy atom. The number of rotatable bonds is 5. The molecule has 1 saturated carbocycles. The van der Waals surface area contributed by atoms with E-state index in [2.05, 4.69) is 6.58 Å². The number of ether oxygens (including phenoxy) is 1. The largest absolute Gasteiger partial charge is 0.361 e. The van der Waals surface area contributed by atoms with E-state index in [-0.39, 0.29) is 18.1 Å². The standard InChI is InChI=1S/C19H25NO2/c1-14(2)17-18(22-13-15-9-5-3-6-10-15)19(21)20(17)16-11-7-4-8-12-16/h3,5-6,9-10,16-18H,1,4,7-8,11-13H2,2H3/t17-,18+/m1/s1. The molecule has 0 radical (unpaired) electrons. The maximum Gasteiger partial charge on any atom is 0.255 e. The molecule has 1 aliphatic carbocycles. The molecule has 0 unspecified atom stereocenters. The van der Waals surface area contributed by atoms with Crippen molar-refractivity contribution < 1.29 is 9.53 Å². The molecule has 0 aromatic heterocycles. The summed E-state index contributed by atoms with van der Waals surface area (Å²) < 4.78 is 5.92. The molecule has 1 heterocycles. The van der Waals surface area contributed by atoms with E-state index >= 15 is 0 Å². The highest BCUT2D eigenvalue weighted by molar-refractivity contribution is 5.90. The lowest BCUT2D eigenvalue weighted by Gasteiger charge is -2.52. The van der Waals surface area contributed by atoms with Gasteiger partial charge in [0.05, 0.1) is 12.6 Å². The van der Waals surface area contributed by atoms with E-state index in [1.807, 2.05) is 42.2 Å².